The maximum Gasteiger partial charge on any atom is 0.326 e. The molecule has 148 valence electrons. The van der Waals surface area contributed by atoms with E-state index in [2.05, 4.69) is 32.7 Å². The molecule has 5 nitrogen and oxygen atoms in total. The van der Waals surface area contributed by atoms with Crippen molar-refractivity contribution in [2.24, 2.45) is 11.3 Å². The molecule has 1 aliphatic carbocycles. The second-order valence-electron chi connectivity index (χ2n) is 8.66. The van der Waals surface area contributed by atoms with Gasteiger partial charge < -0.3 is 4.74 Å². The predicted octanol–water partition coefficient (Wildman–Crippen LogP) is 4.48. The summed E-state index contributed by atoms with van der Waals surface area (Å²) in [7, 11) is 0. The van der Waals surface area contributed by atoms with Gasteiger partial charge in [-0.2, -0.15) is 0 Å². The Labute approximate surface area is 164 Å². The first-order valence-electron chi connectivity index (χ1n) is 9.88. The summed E-state index contributed by atoms with van der Waals surface area (Å²) in [5.41, 5.74) is 0.153. The molecule has 0 aliphatic heterocycles. The van der Waals surface area contributed by atoms with Crippen LogP contribution in [0.25, 0.3) is 10.2 Å². The van der Waals surface area contributed by atoms with Crippen LogP contribution in [-0.2, 0) is 22.5 Å². The molecular weight excluding hydrogens is 360 g/mol. The zero-order chi connectivity index (χ0) is 19.8. The number of esters is 1. The minimum atomic E-state index is -0.341. The Kier molecular flexibility index (Phi) is 5.75. The van der Waals surface area contributed by atoms with E-state index in [0.717, 1.165) is 41.8 Å². The molecule has 1 saturated carbocycles. The summed E-state index contributed by atoms with van der Waals surface area (Å²) < 4.78 is 7.12. The molecule has 0 aromatic carbocycles. The van der Waals surface area contributed by atoms with E-state index in [1.54, 1.807) is 18.3 Å². The lowest BCUT2D eigenvalue weighted by Crippen LogP contribution is -2.33. The molecule has 6 heteroatoms. The molecule has 2 heterocycles. The molecule has 1 aliphatic rings. The van der Waals surface area contributed by atoms with Gasteiger partial charge in [0.15, 0.2) is 0 Å². The highest BCUT2D eigenvalue weighted by molar-refractivity contribution is 7.18. The highest BCUT2D eigenvalue weighted by Crippen LogP contribution is 2.38. The minimum absolute atomic E-state index is 0.0309. The molecule has 0 radical (unpaired) electrons. The number of aryl methyl sites for hydroxylation is 2. The Morgan fingerprint density at radius 3 is 2.56 bits per heavy atom. The Morgan fingerprint density at radius 1 is 1.30 bits per heavy atom. The molecule has 0 N–H and O–H groups in total. The Bertz CT molecular complexity index is 883. The average molecular weight is 391 g/mol. The smallest absolute Gasteiger partial charge is 0.326 e. The van der Waals surface area contributed by atoms with Crippen molar-refractivity contribution < 1.29 is 9.53 Å². The fraction of sp³-hybridized carbons (Fsp3) is 0.667. The number of carbonyl (C=O) groups is 1. The highest BCUT2D eigenvalue weighted by Gasteiger charge is 2.31. The van der Waals surface area contributed by atoms with Crippen LogP contribution in [0.3, 0.4) is 0 Å². The standard InChI is InChI=1S/C21H30N2O3S/c1-6-16-11-17-19(27-16)22-13(2)23(20(17)25)12-18(24)26-15-9-7-14(8-10-15)21(3,4)5/h11,14-15H,6-10,12H2,1-5H3. The van der Waals surface area contributed by atoms with Crippen LogP contribution in [0.2, 0.25) is 0 Å². The predicted molar refractivity (Wildman–Crippen MR) is 109 cm³/mol. The van der Waals surface area contributed by atoms with Gasteiger partial charge in [-0.25, -0.2) is 4.98 Å². The summed E-state index contributed by atoms with van der Waals surface area (Å²) in [4.78, 5) is 31.6. The van der Waals surface area contributed by atoms with E-state index in [-0.39, 0.29) is 24.2 Å². The third kappa shape index (κ3) is 4.42. The number of thiophene rings is 1. The van der Waals surface area contributed by atoms with Crippen molar-refractivity contribution in [3.63, 3.8) is 0 Å². The quantitative estimate of drug-likeness (QED) is 0.722. The number of hydrogen-bond donors (Lipinski definition) is 0. The van der Waals surface area contributed by atoms with Crippen LogP contribution in [0.15, 0.2) is 10.9 Å². The van der Waals surface area contributed by atoms with E-state index in [1.165, 1.54) is 4.57 Å². The third-order valence-corrected chi connectivity index (χ3v) is 6.90. The van der Waals surface area contributed by atoms with Gasteiger partial charge in [0.2, 0.25) is 0 Å². The molecule has 0 unspecified atom stereocenters. The summed E-state index contributed by atoms with van der Waals surface area (Å²) in [6.45, 7) is 10.6. The van der Waals surface area contributed by atoms with Crippen LogP contribution in [0, 0.1) is 18.3 Å². The van der Waals surface area contributed by atoms with Gasteiger partial charge in [0.05, 0.1) is 5.39 Å². The second kappa shape index (κ2) is 7.74. The van der Waals surface area contributed by atoms with Crippen molar-refractivity contribution in [1.82, 2.24) is 9.55 Å². The Morgan fingerprint density at radius 2 is 1.96 bits per heavy atom. The van der Waals surface area contributed by atoms with Crippen molar-refractivity contribution in [3.8, 4) is 0 Å². The normalized spacial score (nSPS) is 20.8. The van der Waals surface area contributed by atoms with Gasteiger partial charge in [-0.1, -0.05) is 27.7 Å². The van der Waals surface area contributed by atoms with Crippen molar-refractivity contribution >= 4 is 27.5 Å². The molecule has 2 aromatic heterocycles. The number of rotatable bonds is 4. The van der Waals surface area contributed by atoms with Crippen LogP contribution in [0.1, 0.15) is 64.1 Å². The van der Waals surface area contributed by atoms with E-state index < -0.39 is 0 Å². The fourth-order valence-electron chi connectivity index (χ4n) is 3.93. The van der Waals surface area contributed by atoms with Gasteiger partial charge in [-0.05, 0) is 56.4 Å². The van der Waals surface area contributed by atoms with Gasteiger partial charge >= 0.3 is 5.97 Å². The van der Waals surface area contributed by atoms with E-state index in [1.807, 2.05) is 6.07 Å². The van der Waals surface area contributed by atoms with Crippen LogP contribution >= 0.6 is 11.3 Å². The molecular formula is C21H30N2O3S. The van der Waals surface area contributed by atoms with E-state index in [0.29, 0.717) is 22.5 Å². The van der Waals surface area contributed by atoms with Gasteiger partial charge in [0, 0.05) is 4.88 Å². The lowest BCUT2D eigenvalue weighted by atomic mass is 9.72. The van der Waals surface area contributed by atoms with E-state index >= 15 is 0 Å². The molecule has 3 rings (SSSR count). The van der Waals surface area contributed by atoms with Crippen LogP contribution in [-0.4, -0.2) is 21.6 Å². The molecule has 0 spiro atoms. The maximum absolute atomic E-state index is 12.8. The summed E-state index contributed by atoms with van der Waals surface area (Å²) >= 11 is 1.54. The first kappa shape index (κ1) is 20.1. The van der Waals surface area contributed by atoms with Gasteiger partial charge in [0.1, 0.15) is 23.3 Å². The van der Waals surface area contributed by atoms with Crippen LogP contribution in [0.5, 0.6) is 0 Å². The Balaban J connectivity index is 1.67. The maximum atomic E-state index is 12.8. The first-order chi connectivity index (χ1) is 12.7. The SMILES string of the molecule is CCc1cc2c(=O)n(CC(=O)OC3CCC(C(C)(C)C)CC3)c(C)nc2s1. The van der Waals surface area contributed by atoms with Gasteiger partial charge in [-0.15, -0.1) is 11.3 Å². The van der Waals surface area contributed by atoms with Crippen molar-refractivity contribution in [2.75, 3.05) is 0 Å². The molecule has 27 heavy (non-hydrogen) atoms. The average Bonchev–Trinajstić information content (AvgIpc) is 3.01. The minimum Gasteiger partial charge on any atom is -0.461 e. The molecule has 2 aromatic rings. The number of carbonyl (C=O) groups excluding carboxylic acids is 1. The van der Waals surface area contributed by atoms with E-state index in [4.69, 9.17) is 4.74 Å². The topological polar surface area (TPSA) is 61.2 Å². The van der Waals surface area contributed by atoms with Gasteiger partial charge in [0.25, 0.3) is 5.56 Å². The number of nitrogens with zero attached hydrogens (tertiary/aromatic N) is 2. The third-order valence-electron chi connectivity index (χ3n) is 5.73. The summed E-state index contributed by atoms with van der Waals surface area (Å²) in [5, 5.41) is 0.598. The van der Waals surface area contributed by atoms with E-state index in [9.17, 15) is 9.59 Å². The molecule has 1 fully saturated rings. The number of aromatic nitrogens is 2. The van der Waals surface area contributed by atoms with Crippen molar-refractivity contribution in [1.29, 1.82) is 0 Å². The summed E-state index contributed by atoms with van der Waals surface area (Å²) in [6.07, 6.45) is 4.83. The van der Waals surface area contributed by atoms with Crippen molar-refractivity contribution in [2.45, 2.75) is 79.4 Å². The first-order valence-corrected chi connectivity index (χ1v) is 10.7. The van der Waals surface area contributed by atoms with Crippen molar-refractivity contribution in [3.05, 3.63) is 27.1 Å². The summed E-state index contributed by atoms with van der Waals surface area (Å²) in [6, 6.07) is 1.89. The lowest BCUT2D eigenvalue weighted by Gasteiger charge is -2.36. The second-order valence-corrected chi connectivity index (χ2v) is 9.78. The molecule has 0 bridgehead atoms. The number of ether oxygens (including phenoxy) is 1. The van der Waals surface area contributed by atoms with Crippen LogP contribution < -0.4 is 5.56 Å². The zero-order valence-corrected chi connectivity index (χ0v) is 17.8. The largest absolute Gasteiger partial charge is 0.461 e. The number of fused-ring (bicyclic) bond motifs is 1. The molecule has 0 amide bonds. The molecule has 0 atom stereocenters. The fourth-order valence-corrected chi connectivity index (χ4v) is 4.93. The number of hydrogen-bond acceptors (Lipinski definition) is 5. The lowest BCUT2D eigenvalue weighted by molar-refractivity contribution is -0.152. The zero-order valence-electron chi connectivity index (χ0n) is 17.0. The Hall–Kier alpha value is -1.69. The highest BCUT2D eigenvalue weighted by atomic mass is 32.1. The van der Waals surface area contributed by atoms with Crippen LogP contribution in [0.4, 0.5) is 0 Å². The summed E-state index contributed by atoms with van der Waals surface area (Å²) in [5.74, 6) is 0.896. The molecule has 0 saturated heterocycles. The van der Waals surface area contributed by atoms with Gasteiger partial charge in [-0.3, -0.25) is 14.2 Å². The monoisotopic (exact) mass is 390 g/mol.